The first-order chi connectivity index (χ1) is 15.0. The topological polar surface area (TPSA) is 51.2 Å². The lowest BCUT2D eigenvalue weighted by molar-refractivity contribution is 0.0667. The fraction of sp³-hybridized carbons (Fsp3) is 0.480. The average molecular weight is 425 g/mol. The zero-order valence-electron chi connectivity index (χ0n) is 18.9. The van der Waals surface area contributed by atoms with Crippen molar-refractivity contribution in [2.75, 3.05) is 53.6 Å². The van der Waals surface area contributed by atoms with Crippen LogP contribution in [-0.2, 0) is 6.42 Å². The van der Waals surface area contributed by atoms with E-state index in [1.54, 1.807) is 14.2 Å². The number of carbonyl (C=O) groups excluding carboxylic acids is 1. The van der Waals surface area contributed by atoms with Gasteiger partial charge in [-0.15, -0.1) is 0 Å². The van der Waals surface area contributed by atoms with Crippen LogP contribution in [0.5, 0.6) is 17.2 Å². The van der Waals surface area contributed by atoms with Crippen molar-refractivity contribution in [2.45, 2.75) is 26.3 Å². The quantitative estimate of drug-likeness (QED) is 0.681. The summed E-state index contributed by atoms with van der Waals surface area (Å²) in [5.74, 6) is 2.43. The summed E-state index contributed by atoms with van der Waals surface area (Å²) in [4.78, 5) is 17.8. The molecule has 0 bridgehead atoms. The summed E-state index contributed by atoms with van der Waals surface area (Å²) in [5, 5.41) is 0. The standard InChI is InChI=1S/C25H32N2O4/c1-17-5-6-20(13-18(17)2)31-12-11-26-7-9-27(10-8-26)22-14-19-15-23(29-3)24(30-4)16-21(19)25(22)28/h5-6,13,15-16,22H,7-12,14H2,1-4H3. The van der Waals surface area contributed by atoms with Crippen LogP contribution in [0.15, 0.2) is 30.3 Å². The van der Waals surface area contributed by atoms with Crippen LogP contribution in [0.2, 0.25) is 0 Å². The smallest absolute Gasteiger partial charge is 0.180 e. The van der Waals surface area contributed by atoms with E-state index in [4.69, 9.17) is 14.2 Å². The second-order valence-corrected chi connectivity index (χ2v) is 8.42. The molecule has 0 radical (unpaired) electrons. The maximum absolute atomic E-state index is 13.1. The van der Waals surface area contributed by atoms with Gasteiger partial charge < -0.3 is 14.2 Å². The highest BCUT2D eigenvalue weighted by molar-refractivity contribution is 6.05. The van der Waals surface area contributed by atoms with E-state index in [0.717, 1.165) is 56.0 Å². The molecule has 0 amide bonds. The van der Waals surface area contributed by atoms with Gasteiger partial charge >= 0.3 is 0 Å². The molecule has 1 aliphatic heterocycles. The van der Waals surface area contributed by atoms with Crippen molar-refractivity contribution in [2.24, 2.45) is 0 Å². The van der Waals surface area contributed by atoms with Crippen LogP contribution >= 0.6 is 0 Å². The third-order valence-corrected chi connectivity index (χ3v) is 6.59. The van der Waals surface area contributed by atoms with Gasteiger partial charge in [-0.3, -0.25) is 14.6 Å². The lowest BCUT2D eigenvalue weighted by Crippen LogP contribution is -2.52. The van der Waals surface area contributed by atoms with Crippen molar-refractivity contribution >= 4 is 5.78 Å². The number of ketones is 1. The van der Waals surface area contributed by atoms with E-state index < -0.39 is 0 Å². The number of methoxy groups -OCH3 is 2. The van der Waals surface area contributed by atoms with E-state index >= 15 is 0 Å². The molecular weight excluding hydrogens is 392 g/mol. The van der Waals surface area contributed by atoms with Crippen molar-refractivity contribution in [1.82, 2.24) is 9.80 Å². The lowest BCUT2D eigenvalue weighted by atomic mass is 10.1. The monoisotopic (exact) mass is 424 g/mol. The average Bonchev–Trinajstić information content (AvgIpc) is 3.11. The number of Topliss-reactive ketones (excluding diaryl/α,β-unsaturated/α-hetero) is 1. The molecule has 1 saturated heterocycles. The summed E-state index contributed by atoms with van der Waals surface area (Å²) in [6, 6.07) is 9.93. The largest absolute Gasteiger partial charge is 0.493 e. The number of hydrogen-bond donors (Lipinski definition) is 0. The Labute approximate surface area is 184 Å². The Morgan fingerprint density at radius 2 is 1.65 bits per heavy atom. The van der Waals surface area contributed by atoms with Crippen molar-refractivity contribution in [3.05, 3.63) is 52.6 Å². The maximum Gasteiger partial charge on any atom is 0.180 e. The van der Waals surface area contributed by atoms with Gasteiger partial charge in [0.15, 0.2) is 17.3 Å². The Bertz CT molecular complexity index is 951. The van der Waals surface area contributed by atoms with Gasteiger partial charge in [0.05, 0.1) is 20.3 Å². The maximum atomic E-state index is 13.1. The van der Waals surface area contributed by atoms with E-state index in [1.807, 2.05) is 18.2 Å². The molecule has 166 valence electrons. The fourth-order valence-electron chi connectivity index (χ4n) is 4.49. The minimum absolute atomic E-state index is 0.0826. The molecule has 2 aliphatic rings. The van der Waals surface area contributed by atoms with Gasteiger partial charge in [0.25, 0.3) is 0 Å². The van der Waals surface area contributed by atoms with E-state index in [9.17, 15) is 4.79 Å². The predicted octanol–water partition coefficient (Wildman–Crippen LogP) is 3.12. The Kier molecular flexibility index (Phi) is 6.49. The van der Waals surface area contributed by atoms with Gasteiger partial charge in [0.1, 0.15) is 12.4 Å². The number of piperazine rings is 1. The van der Waals surface area contributed by atoms with Gasteiger partial charge in [0, 0.05) is 38.3 Å². The van der Waals surface area contributed by atoms with Gasteiger partial charge in [-0.2, -0.15) is 0 Å². The van der Waals surface area contributed by atoms with Crippen molar-refractivity contribution < 1.29 is 19.0 Å². The molecule has 0 spiro atoms. The first-order valence-electron chi connectivity index (χ1n) is 11.0. The molecule has 6 heteroatoms. The molecule has 0 saturated carbocycles. The molecule has 1 aliphatic carbocycles. The zero-order valence-corrected chi connectivity index (χ0v) is 18.9. The highest BCUT2D eigenvalue weighted by Crippen LogP contribution is 2.36. The van der Waals surface area contributed by atoms with Gasteiger partial charge in [-0.05, 0) is 61.2 Å². The fourth-order valence-corrected chi connectivity index (χ4v) is 4.49. The minimum atomic E-state index is -0.0826. The van der Waals surface area contributed by atoms with Crippen molar-refractivity contribution in [3.8, 4) is 17.2 Å². The first kappa shape index (κ1) is 21.7. The summed E-state index contributed by atoms with van der Waals surface area (Å²) in [6.07, 6.45) is 0.740. The Balaban J connectivity index is 1.28. The van der Waals surface area contributed by atoms with Crippen molar-refractivity contribution in [1.29, 1.82) is 0 Å². The molecule has 2 aromatic rings. The molecule has 2 aromatic carbocycles. The van der Waals surface area contributed by atoms with Crippen LogP contribution in [0.4, 0.5) is 0 Å². The third kappa shape index (κ3) is 4.55. The van der Waals surface area contributed by atoms with Gasteiger partial charge in [-0.25, -0.2) is 0 Å². The number of hydrogen-bond acceptors (Lipinski definition) is 6. The van der Waals surface area contributed by atoms with Gasteiger partial charge in [-0.1, -0.05) is 6.07 Å². The van der Waals surface area contributed by atoms with E-state index in [1.165, 1.54) is 11.1 Å². The van der Waals surface area contributed by atoms with Gasteiger partial charge in [0.2, 0.25) is 0 Å². The van der Waals surface area contributed by atoms with Crippen LogP contribution in [0.25, 0.3) is 0 Å². The molecule has 1 unspecified atom stereocenters. The van der Waals surface area contributed by atoms with E-state index in [-0.39, 0.29) is 11.8 Å². The van der Waals surface area contributed by atoms with Crippen LogP contribution in [0.1, 0.15) is 27.0 Å². The van der Waals surface area contributed by atoms with E-state index in [0.29, 0.717) is 18.1 Å². The molecule has 6 nitrogen and oxygen atoms in total. The normalized spacial score (nSPS) is 19.4. The number of aryl methyl sites for hydroxylation is 2. The molecule has 31 heavy (non-hydrogen) atoms. The number of carbonyl (C=O) groups is 1. The molecule has 0 N–H and O–H groups in total. The molecule has 0 aromatic heterocycles. The summed E-state index contributed by atoms with van der Waals surface area (Å²) in [6.45, 7) is 9.47. The van der Waals surface area contributed by atoms with Crippen LogP contribution < -0.4 is 14.2 Å². The number of benzene rings is 2. The molecule has 1 fully saturated rings. The molecule has 1 heterocycles. The highest BCUT2D eigenvalue weighted by Gasteiger charge is 2.37. The molecule has 4 rings (SSSR count). The zero-order chi connectivity index (χ0) is 22.0. The Hall–Kier alpha value is -2.57. The van der Waals surface area contributed by atoms with E-state index in [2.05, 4.69) is 35.8 Å². The molecular formula is C25H32N2O4. The highest BCUT2D eigenvalue weighted by atomic mass is 16.5. The summed E-state index contributed by atoms with van der Waals surface area (Å²) >= 11 is 0. The Morgan fingerprint density at radius 3 is 2.32 bits per heavy atom. The Morgan fingerprint density at radius 1 is 0.935 bits per heavy atom. The number of ether oxygens (including phenoxy) is 3. The summed E-state index contributed by atoms with van der Waals surface area (Å²) in [7, 11) is 3.23. The van der Waals surface area contributed by atoms with Crippen LogP contribution in [-0.4, -0.2) is 75.2 Å². The number of nitrogens with zero attached hydrogens (tertiary/aromatic N) is 2. The lowest BCUT2D eigenvalue weighted by Gasteiger charge is -2.37. The SMILES string of the molecule is COc1cc2c(cc1OC)C(=O)C(N1CCN(CCOc3ccc(C)c(C)c3)CC1)C2. The molecule has 1 atom stereocenters. The number of fused-ring (bicyclic) bond motifs is 1. The van der Waals surface area contributed by atoms with Crippen LogP contribution in [0, 0.1) is 13.8 Å². The second-order valence-electron chi connectivity index (χ2n) is 8.42. The summed E-state index contributed by atoms with van der Waals surface area (Å²) < 4.78 is 16.7. The second kappa shape index (κ2) is 9.28. The van der Waals surface area contributed by atoms with Crippen LogP contribution in [0.3, 0.4) is 0 Å². The van der Waals surface area contributed by atoms with Crippen molar-refractivity contribution in [3.63, 3.8) is 0 Å². The predicted molar refractivity (Wildman–Crippen MR) is 121 cm³/mol. The number of rotatable bonds is 7. The third-order valence-electron chi connectivity index (χ3n) is 6.59. The first-order valence-corrected chi connectivity index (χ1v) is 11.0. The minimum Gasteiger partial charge on any atom is -0.493 e. The summed E-state index contributed by atoms with van der Waals surface area (Å²) in [5.41, 5.74) is 4.36.